The van der Waals surface area contributed by atoms with Crippen LogP contribution in [0.3, 0.4) is 0 Å². The molecule has 1 N–H and O–H groups in total. The van der Waals surface area contributed by atoms with Crippen LogP contribution in [0.4, 0.5) is 24.5 Å². The standard InChI is InChI=1S/C21H18F3N3O3/c22-21(23,24)13-7-8-17(26-9-3-4-10-26)16(11-13)25-18(28)12-27-19(29)14-5-1-2-6-15(14)20(27)30/h1-2,5-8,11H,3-4,9-10,12H2,(H,25,28). The Labute approximate surface area is 170 Å². The fourth-order valence-corrected chi connectivity index (χ4v) is 3.76. The van der Waals surface area contributed by atoms with Crippen LogP contribution in [0.15, 0.2) is 42.5 Å². The van der Waals surface area contributed by atoms with E-state index in [0.717, 1.165) is 29.9 Å². The molecule has 4 rings (SSSR count). The highest BCUT2D eigenvalue weighted by atomic mass is 19.4. The number of nitrogens with zero attached hydrogens (tertiary/aromatic N) is 2. The Morgan fingerprint density at radius 1 is 0.967 bits per heavy atom. The van der Waals surface area contributed by atoms with Gasteiger partial charge in [0.05, 0.1) is 28.1 Å². The number of carbonyl (C=O) groups is 3. The Balaban J connectivity index is 1.57. The highest BCUT2D eigenvalue weighted by Gasteiger charge is 2.37. The van der Waals surface area contributed by atoms with Crippen LogP contribution in [0.1, 0.15) is 39.1 Å². The molecule has 2 heterocycles. The maximum atomic E-state index is 13.2. The molecule has 2 aromatic carbocycles. The van der Waals surface area contributed by atoms with Gasteiger partial charge in [-0.15, -0.1) is 0 Å². The average Bonchev–Trinajstić information content (AvgIpc) is 3.31. The lowest BCUT2D eigenvalue weighted by Gasteiger charge is -2.23. The van der Waals surface area contributed by atoms with Crippen LogP contribution in [0, 0.1) is 0 Å². The summed E-state index contributed by atoms with van der Waals surface area (Å²) >= 11 is 0. The van der Waals surface area contributed by atoms with Crippen molar-refractivity contribution in [3.8, 4) is 0 Å². The SMILES string of the molecule is O=C(CN1C(=O)c2ccccc2C1=O)Nc1cc(C(F)(F)F)ccc1N1CCCC1. The molecular weight excluding hydrogens is 399 g/mol. The van der Waals surface area contributed by atoms with Crippen molar-refractivity contribution in [1.29, 1.82) is 0 Å². The second kappa shape index (κ2) is 7.47. The number of benzene rings is 2. The summed E-state index contributed by atoms with van der Waals surface area (Å²) in [6.07, 6.45) is -2.75. The molecule has 2 aliphatic heterocycles. The van der Waals surface area contributed by atoms with E-state index in [1.807, 2.05) is 4.90 Å². The number of nitrogens with one attached hydrogen (secondary N) is 1. The first-order valence-corrected chi connectivity index (χ1v) is 9.47. The van der Waals surface area contributed by atoms with E-state index in [9.17, 15) is 27.6 Å². The number of hydrogen-bond acceptors (Lipinski definition) is 4. The summed E-state index contributed by atoms with van der Waals surface area (Å²) in [4.78, 5) is 40.1. The Morgan fingerprint density at radius 2 is 1.57 bits per heavy atom. The van der Waals surface area contributed by atoms with Crippen LogP contribution in [0.5, 0.6) is 0 Å². The van der Waals surface area contributed by atoms with Gasteiger partial charge in [0.15, 0.2) is 0 Å². The van der Waals surface area contributed by atoms with Crippen LogP contribution in [0.25, 0.3) is 0 Å². The van der Waals surface area contributed by atoms with Gasteiger partial charge in [-0.3, -0.25) is 19.3 Å². The molecule has 0 aliphatic carbocycles. The van der Waals surface area contributed by atoms with E-state index in [1.165, 1.54) is 18.2 Å². The van der Waals surface area contributed by atoms with E-state index in [0.29, 0.717) is 18.8 Å². The smallest absolute Gasteiger partial charge is 0.370 e. The summed E-state index contributed by atoms with van der Waals surface area (Å²) in [6, 6.07) is 9.40. The Morgan fingerprint density at radius 3 is 2.13 bits per heavy atom. The molecule has 30 heavy (non-hydrogen) atoms. The fraction of sp³-hybridized carbons (Fsp3) is 0.286. The average molecular weight is 417 g/mol. The summed E-state index contributed by atoms with van der Waals surface area (Å²) < 4.78 is 39.5. The van der Waals surface area contributed by atoms with Gasteiger partial charge in [-0.25, -0.2) is 0 Å². The quantitative estimate of drug-likeness (QED) is 0.773. The second-order valence-electron chi connectivity index (χ2n) is 7.21. The normalized spacial score (nSPS) is 16.2. The first-order valence-electron chi connectivity index (χ1n) is 9.47. The number of alkyl halides is 3. The Bertz CT molecular complexity index is 995. The number of carbonyl (C=O) groups excluding carboxylic acids is 3. The number of imide groups is 1. The third kappa shape index (κ3) is 3.62. The fourth-order valence-electron chi connectivity index (χ4n) is 3.76. The van der Waals surface area contributed by atoms with E-state index < -0.39 is 36.0 Å². The molecule has 2 aromatic rings. The summed E-state index contributed by atoms with van der Waals surface area (Å²) in [5.74, 6) is -1.95. The summed E-state index contributed by atoms with van der Waals surface area (Å²) in [7, 11) is 0. The predicted molar refractivity (Wildman–Crippen MR) is 103 cm³/mol. The molecule has 0 saturated carbocycles. The van der Waals surface area contributed by atoms with Crippen LogP contribution in [-0.2, 0) is 11.0 Å². The van der Waals surface area contributed by atoms with Gasteiger partial charge in [-0.2, -0.15) is 13.2 Å². The topological polar surface area (TPSA) is 69.7 Å². The zero-order valence-corrected chi connectivity index (χ0v) is 15.8. The lowest BCUT2D eigenvalue weighted by molar-refractivity contribution is -0.137. The molecule has 0 bridgehead atoms. The van der Waals surface area contributed by atoms with Gasteiger partial charge in [-0.05, 0) is 43.2 Å². The number of halogens is 3. The molecular formula is C21H18F3N3O3. The van der Waals surface area contributed by atoms with E-state index in [-0.39, 0.29) is 16.8 Å². The van der Waals surface area contributed by atoms with Crippen molar-refractivity contribution >= 4 is 29.1 Å². The van der Waals surface area contributed by atoms with E-state index in [2.05, 4.69) is 5.32 Å². The first-order chi connectivity index (χ1) is 14.3. The molecule has 0 aromatic heterocycles. The maximum Gasteiger partial charge on any atom is 0.416 e. The molecule has 6 nitrogen and oxygen atoms in total. The lowest BCUT2D eigenvalue weighted by atomic mass is 10.1. The van der Waals surface area contributed by atoms with Gasteiger partial charge >= 0.3 is 6.18 Å². The van der Waals surface area contributed by atoms with Gasteiger partial charge < -0.3 is 10.2 Å². The highest BCUT2D eigenvalue weighted by molar-refractivity contribution is 6.22. The van der Waals surface area contributed by atoms with Crippen molar-refractivity contribution < 1.29 is 27.6 Å². The summed E-state index contributed by atoms with van der Waals surface area (Å²) in [5, 5.41) is 2.47. The third-order valence-corrected chi connectivity index (χ3v) is 5.22. The zero-order chi connectivity index (χ0) is 21.5. The maximum absolute atomic E-state index is 13.2. The molecule has 0 atom stereocenters. The molecule has 1 saturated heterocycles. The number of hydrogen-bond donors (Lipinski definition) is 1. The second-order valence-corrected chi connectivity index (χ2v) is 7.21. The largest absolute Gasteiger partial charge is 0.416 e. The molecule has 3 amide bonds. The highest BCUT2D eigenvalue weighted by Crippen LogP contribution is 2.36. The zero-order valence-electron chi connectivity index (χ0n) is 15.8. The predicted octanol–water partition coefficient (Wildman–Crippen LogP) is 3.54. The van der Waals surface area contributed by atoms with Gasteiger partial charge in [0.2, 0.25) is 5.91 Å². The van der Waals surface area contributed by atoms with Gasteiger partial charge in [0, 0.05) is 13.1 Å². The van der Waals surface area contributed by atoms with Gasteiger partial charge in [0.1, 0.15) is 6.54 Å². The van der Waals surface area contributed by atoms with Crippen molar-refractivity contribution in [2.24, 2.45) is 0 Å². The van der Waals surface area contributed by atoms with Crippen LogP contribution >= 0.6 is 0 Å². The molecule has 0 unspecified atom stereocenters. The lowest BCUT2D eigenvalue weighted by Crippen LogP contribution is -2.37. The molecule has 0 radical (unpaired) electrons. The van der Waals surface area contributed by atoms with E-state index in [4.69, 9.17) is 0 Å². The number of rotatable bonds is 4. The number of anilines is 2. The molecule has 0 spiro atoms. The van der Waals surface area contributed by atoms with Gasteiger partial charge in [-0.1, -0.05) is 12.1 Å². The number of fused-ring (bicyclic) bond motifs is 1. The Hall–Kier alpha value is -3.36. The molecule has 156 valence electrons. The van der Waals surface area contributed by atoms with Gasteiger partial charge in [0.25, 0.3) is 11.8 Å². The van der Waals surface area contributed by atoms with Crippen molar-refractivity contribution in [2.45, 2.75) is 19.0 Å². The van der Waals surface area contributed by atoms with Crippen LogP contribution < -0.4 is 10.2 Å². The molecule has 2 aliphatic rings. The third-order valence-electron chi connectivity index (χ3n) is 5.22. The summed E-state index contributed by atoms with van der Waals surface area (Å²) in [6.45, 7) is 0.765. The first kappa shape index (κ1) is 19.9. The van der Waals surface area contributed by atoms with Crippen LogP contribution in [0.2, 0.25) is 0 Å². The minimum absolute atomic E-state index is 0.00772. The van der Waals surface area contributed by atoms with Crippen molar-refractivity contribution in [2.75, 3.05) is 29.9 Å². The van der Waals surface area contributed by atoms with Crippen LogP contribution in [-0.4, -0.2) is 42.3 Å². The minimum Gasteiger partial charge on any atom is -0.370 e. The molecule has 9 heteroatoms. The molecule has 1 fully saturated rings. The van der Waals surface area contributed by atoms with E-state index in [1.54, 1.807) is 12.1 Å². The van der Waals surface area contributed by atoms with Crippen molar-refractivity contribution in [1.82, 2.24) is 4.90 Å². The summed E-state index contributed by atoms with van der Waals surface area (Å²) in [5.41, 5.74) is 0.00488. The van der Waals surface area contributed by atoms with Crippen molar-refractivity contribution in [3.63, 3.8) is 0 Å². The number of amides is 3. The van der Waals surface area contributed by atoms with E-state index >= 15 is 0 Å². The monoisotopic (exact) mass is 417 g/mol. The Kier molecular flexibility index (Phi) is 4.97. The van der Waals surface area contributed by atoms with Crippen molar-refractivity contribution in [3.05, 3.63) is 59.2 Å². The minimum atomic E-state index is -4.56.